The minimum absolute atomic E-state index is 0.0845. The van der Waals surface area contributed by atoms with Crippen LogP contribution in [0.1, 0.15) is 21.7 Å². The third-order valence-electron chi connectivity index (χ3n) is 3.19. The molecular weight excluding hydrogens is 356 g/mol. The Labute approximate surface area is 132 Å². The Morgan fingerprint density at radius 3 is 2.29 bits per heavy atom. The van der Waals surface area contributed by atoms with E-state index >= 15 is 0 Å². The average molecular weight is 371 g/mol. The second-order valence-corrected chi connectivity index (χ2v) is 7.67. The Morgan fingerprint density at radius 1 is 1.29 bits per heavy atom. The molecule has 0 unspecified atom stereocenters. The predicted molar refractivity (Wildman–Crippen MR) is 83.2 cm³/mol. The monoisotopic (exact) mass is 370 g/mol. The van der Waals surface area contributed by atoms with E-state index in [-0.39, 0.29) is 17.1 Å². The van der Waals surface area contributed by atoms with Crippen molar-refractivity contribution < 1.29 is 13.2 Å². The molecule has 0 saturated carbocycles. The molecule has 0 aliphatic rings. The lowest BCUT2D eigenvalue weighted by molar-refractivity contribution is 0.0990. The first-order valence-electron chi connectivity index (χ1n) is 6.21. The lowest BCUT2D eigenvalue weighted by Crippen LogP contribution is -2.08. The Bertz CT molecular complexity index is 792. The van der Waals surface area contributed by atoms with Gasteiger partial charge in [0, 0.05) is 18.9 Å². The number of halogens is 1. The lowest BCUT2D eigenvalue weighted by Gasteiger charge is -2.04. The summed E-state index contributed by atoms with van der Waals surface area (Å²) >= 11 is 3.42. The standard InChI is InChI=1S/C14H15BrN2O3S/c1-9-14(15)12(17(2)16-9)8-13(18)10-4-6-11(7-5-10)21(3,19)20/h4-7H,8H2,1-3H3. The van der Waals surface area contributed by atoms with Crippen LogP contribution in [0.3, 0.4) is 0 Å². The van der Waals surface area contributed by atoms with Gasteiger partial charge in [-0.3, -0.25) is 9.48 Å². The molecule has 0 amide bonds. The fourth-order valence-corrected chi connectivity index (χ4v) is 3.12. The Morgan fingerprint density at radius 2 is 1.86 bits per heavy atom. The molecule has 2 aromatic rings. The Balaban J connectivity index is 2.25. The molecule has 1 heterocycles. The molecule has 0 aliphatic carbocycles. The molecule has 1 aromatic carbocycles. The molecule has 0 aliphatic heterocycles. The molecule has 0 radical (unpaired) electrons. The molecule has 0 N–H and O–H groups in total. The molecule has 0 saturated heterocycles. The fraction of sp³-hybridized carbons (Fsp3) is 0.286. The summed E-state index contributed by atoms with van der Waals surface area (Å²) in [5, 5.41) is 4.24. The van der Waals surface area contributed by atoms with Gasteiger partial charge in [0.1, 0.15) is 0 Å². The summed E-state index contributed by atoms with van der Waals surface area (Å²) in [4.78, 5) is 12.5. The van der Waals surface area contributed by atoms with Crippen LogP contribution in [-0.4, -0.2) is 30.2 Å². The number of aryl methyl sites for hydroxylation is 2. The summed E-state index contributed by atoms with van der Waals surface area (Å²) in [6, 6.07) is 5.98. The van der Waals surface area contributed by atoms with Crippen molar-refractivity contribution in [2.75, 3.05) is 6.26 Å². The smallest absolute Gasteiger partial charge is 0.175 e. The zero-order valence-electron chi connectivity index (χ0n) is 11.9. The van der Waals surface area contributed by atoms with E-state index in [2.05, 4.69) is 21.0 Å². The summed E-state index contributed by atoms with van der Waals surface area (Å²) in [7, 11) is -1.46. The minimum Gasteiger partial charge on any atom is -0.294 e. The highest BCUT2D eigenvalue weighted by molar-refractivity contribution is 9.10. The quantitative estimate of drug-likeness (QED) is 0.774. The highest BCUT2D eigenvalue weighted by Gasteiger charge is 2.16. The van der Waals surface area contributed by atoms with E-state index < -0.39 is 9.84 Å². The summed E-state index contributed by atoms with van der Waals surface area (Å²) in [6.07, 6.45) is 1.34. The Kier molecular flexibility index (Phi) is 4.34. The van der Waals surface area contributed by atoms with Gasteiger partial charge in [0.2, 0.25) is 0 Å². The maximum absolute atomic E-state index is 12.3. The molecule has 1 aromatic heterocycles. The van der Waals surface area contributed by atoms with Crippen molar-refractivity contribution in [3.63, 3.8) is 0 Å². The molecule has 0 atom stereocenters. The van der Waals surface area contributed by atoms with Gasteiger partial charge in [0.05, 0.1) is 27.2 Å². The normalized spacial score (nSPS) is 11.6. The van der Waals surface area contributed by atoms with Crippen LogP contribution in [-0.2, 0) is 23.3 Å². The highest BCUT2D eigenvalue weighted by Crippen LogP contribution is 2.22. The topological polar surface area (TPSA) is 69.0 Å². The second kappa shape index (κ2) is 5.73. The van der Waals surface area contributed by atoms with Crippen LogP contribution >= 0.6 is 15.9 Å². The molecule has 0 fully saturated rings. The third-order valence-corrected chi connectivity index (χ3v) is 5.35. The number of benzene rings is 1. The molecule has 5 nitrogen and oxygen atoms in total. The number of sulfone groups is 1. The average Bonchev–Trinajstić information content (AvgIpc) is 2.64. The van der Waals surface area contributed by atoms with Gasteiger partial charge in [-0.2, -0.15) is 5.10 Å². The molecular formula is C14H15BrN2O3S. The number of hydrogen-bond acceptors (Lipinski definition) is 4. The first-order valence-corrected chi connectivity index (χ1v) is 8.90. The SMILES string of the molecule is Cc1nn(C)c(CC(=O)c2ccc(S(C)(=O)=O)cc2)c1Br. The number of aromatic nitrogens is 2. The Hall–Kier alpha value is -1.47. The van der Waals surface area contributed by atoms with Crippen molar-refractivity contribution in [1.82, 2.24) is 9.78 Å². The first kappa shape index (κ1) is 15.9. The zero-order chi connectivity index (χ0) is 15.8. The van der Waals surface area contributed by atoms with Crippen LogP contribution in [0, 0.1) is 6.92 Å². The van der Waals surface area contributed by atoms with Gasteiger partial charge >= 0.3 is 0 Å². The van der Waals surface area contributed by atoms with Crippen LogP contribution < -0.4 is 0 Å². The summed E-state index contributed by atoms with van der Waals surface area (Å²) < 4.78 is 25.3. The zero-order valence-corrected chi connectivity index (χ0v) is 14.3. The van der Waals surface area contributed by atoms with Crippen LogP contribution in [0.25, 0.3) is 0 Å². The molecule has 0 bridgehead atoms. The van der Waals surface area contributed by atoms with E-state index in [1.54, 1.807) is 11.7 Å². The van der Waals surface area contributed by atoms with Crippen molar-refractivity contribution >= 4 is 31.6 Å². The van der Waals surface area contributed by atoms with E-state index in [4.69, 9.17) is 0 Å². The first-order chi connectivity index (χ1) is 9.70. The molecule has 21 heavy (non-hydrogen) atoms. The molecule has 112 valence electrons. The summed E-state index contributed by atoms with van der Waals surface area (Å²) in [5.41, 5.74) is 2.10. The van der Waals surface area contributed by atoms with Crippen molar-refractivity contribution in [1.29, 1.82) is 0 Å². The number of rotatable bonds is 4. The van der Waals surface area contributed by atoms with E-state index in [1.807, 2.05) is 6.92 Å². The van der Waals surface area contributed by atoms with E-state index in [1.165, 1.54) is 24.3 Å². The number of Topliss-reactive ketones (excluding diaryl/α,β-unsaturated/α-hetero) is 1. The highest BCUT2D eigenvalue weighted by atomic mass is 79.9. The summed E-state index contributed by atoms with van der Waals surface area (Å²) in [5.74, 6) is -0.0845. The van der Waals surface area contributed by atoms with Crippen LogP contribution in [0.2, 0.25) is 0 Å². The van der Waals surface area contributed by atoms with Crippen molar-refractivity contribution in [2.45, 2.75) is 18.2 Å². The largest absolute Gasteiger partial charge is 0.294 e. The molecule has 7 heteroatoms. The molecule has 0 spiro atoms. The van der Waals surface area contributed by atoms with Gasteiger partial charge in [-0.25, -0.2) is 8.42 Å². The number of hydrogen-bond donors (Lipinski definition) is 0. The number of carbonyl (C=O) groups excluding carboxylic acids is 1. The van der Waals surface area contributed by atoms with Gasteiger partial charge in [0.15, 0.2) is 15.6 Å². The van der Waals surface area contributed by atoms with E-state index in [0.29, 0.717) is 5.56 Å². The fourth-order valence-electron chi connectivity index (χ4n) is 2.01. The lowest BCUT2D eigenvalue weighted by atomic mass is 10.1. The van der Waals surface area contributed by atoms with Crippen LogP contribution in [0.4, 0.5) is 0 Å². The van der Waals surface area contributed by atoms with Crippen molar-refractivity contribution in [3.8, 4) is 0 Å². The summed E-state index contributed by atoms with van der Waals surface area (Å²) in [6.45, 7) is 1.86. The van der Waals surface area contributed by atoms with E-state index in [9.17, 15) is 13.2 Å². The molecule has 2 rings (SSSR count). The number of nitrogens with zero attached hydrogens (tertiary/aromatic N) is 2. The van der Waals surface area contributed by atoms with Gasteiger partial charge in [0.25, 0.3) is 0 Å². The van der Waals surface area contributed by atoms with Gasteiger partial charge < -0.3 is 0 Å². The van der Waals surface area contributed by atoms with Crippen molar-refractivity contribution in [2.24, 2.45) is 7.05 Å². The third kappa shape index (κ3) is 3.41. The minimum atomic E-state index is -3.25. The predicted octanol–water partition coefficient (Wildman–Crippen LogP) is 2.32. The second-order valence-electron chi connectivity index (χ2n) is 4.87. The number of ketones is 1. The van der Waals surface area contributed by atoms with Crippen LogP contribution in [0.5, 0.6) is 0 Å². The number of carbonyl (C=O) groups is 1. The van der Waals surface area contributed by atoms with Gasteiger partial charge in [-0.1, -0.05) is 12.1 Å². The van der Waals surface area contributed by atoms with E-state index in [0.717, 1.165) is 22.1 Å². The van der Waals surface area contributed by atoms with Gasteiger partial charge in [-0.15, -0.1) is 0 Å². The maximum atomic E-state index is 12.3. The van der Waals surface area contributed by atoms with Gasteiger partial charge in [-0.05, 0) is 35.0 Å². The maximum Gasteiger partial charge on any atom is 0.175 e. The van der Waals surface area contributed by atoms with Crippen LogP contribution in [0.15, 0.2) is 33.6 Å². The van der Waals surface area contributed by atoms with Crippen molar-refractivity contribution in [3.05, 3.63) is 45.7 Å².